The SMILES string of the molecule is CC(C)CCCNS(=O)(=O)c1cccnc1C#N. The highest BCUT2D eigenvalue weighted by Gasteiger charge is 2.18. The van der Waals surface area contributed by atoms with Crippen LogP contribution in [0.4, 0.5) is 0 Å². The Morgan fingerprint density at radius 2 is 2.22 bits per heavy atom. The fourth-order valence-electron chi connectivity index (χ4n) is 1.49. The zero-order chi connectivity index (χ0) is 13.6. The minimum Gasteiger partial charge on any atom is -0.244 e. The van der Waals surface area contributed by atoms with Gasteiger partial charge < -0.3 is 0 Å². The molecule has 0 aliphatic heterocycles. The van der Waals surface area contributed by atoms with Gasteiger partial charge in [0.1, 0.15) is 11.0 Å². The van der Waals surface area contributed by atoms with Gasteiger partial charge in [-0.05, 0) is 30.9 Å². The summed E-state index contributed by atoms with van der Waals surface area (Å²) in [7, 11) is -3.64. The number of rotatable bonds is 6. The predicted octanol–water partition coefficient (Wildman–Crippen LogP) is 1.67. The molecule has 0 saturated carbocycles. The molecule has 0 unspecified atom stereocenters. The largest absolute Gasteiger partial charge is 0.244 e. The molecule has 1 aromatic rings. The molecule has 1 N–H and O–H groups in total. The van der Waals surface area contributed by atoms with Crippen LogP contribution in [0.3, 0.4) is 0 Å². The number of nitriles is 1. The third-order valence-corrected chi connectivity index (χ3v) is 3.91. The van der Waals surface area contributed by atoms with Gasteiger partial charge in [0.25, 0.3) is 0 Å². The summed E-state index contributed by atoms with van der Waals surface area (Å²) < 4.78 is 26.4. The topological polar surface area (TPSA) is 82.8 Å². The number of pyridine rings is 1. The second-order valence-electron chi connectivity index (χ2n) is 4.40. The molecule has 1 heterocycles. The molecule has 0 amide bonds. The van der Waals surface area contributed by atoms with Gasteiger partial charge in [-0.1, -0.05) is 13.8 Å². The molecule has 0 atom stereocenters. The average Bonchev–Trinajstić information content (AvgIpc) is 2.34. The van der Waals surface area contributed by atoms with Gasteiger partial charge in [-0.3, -0.25) is 0 Å². The van der Waals surface area contributed by atoms with E-state index in [1.54, 1.807) is 6.07 Å². The standard InChI is InChI=1S/C12H17N3O2S/c1-10(2)5-3-8-15-18(16,17)12-6-4-7-14-11(12)9-13/h4,6-7,10,15H,3,5,8H2,1-2H3. The number of nitrogens with one attached hydrogen (secondary N) is 1. The molecule has 0 aliphatic rings. The molecule has 0 aromatic carbocycles. The highest BCUT2D eigenvalue weighted by molar-refractivity contribution is 7.89. The smallest absolute Gasteiger partial charge is 0.243 e. The van der Waals surface area contributed by atoms with Crippen molar-refractivity contribution in [2.24, 2.45) is 5.92 Å². The maximum atomic E-state index is 12.0. The molecule has 0 bridgehead atoms. The van der Waals surface area contributed by atoms with Crippen LogP contribution in [-0.4, -0.2) is 19.9 Å². The van der Waals surface area contributed by atoms with Crippen molar-refractivity contribution < 1.29 is 8.42 Å². The second-order valence-corrected chi connectivity index (χ2v) is 6.13. The van der Waals surface area contributed by atoms with Crippen LogP contribution in [0.25, 0.3) is 0 Å². The van der Waals surface area contributed by atoms with E-state index in [0.29, 0.717) is 12.5 Å². The Balaban J connectivity index is 2.72. The Morgan fingerprint density at radius 1 is 1.50 bits per heavy atom. The zero-order valence-corrected chi connectivity index (χ0v) is 11.4. The van der Waals surface area contributed by atoms with Gasteiger partial charge in [-0.2, -0.15) is 5.26 Å². The minimum absolute atomic E-state index is 0.0583. The first-order valence-corrected chi connectivity index (χ1v) is 7.30. The number of sulfonamides is 1. The summed E-state index contributed by atoms with van der Waals surface area (Å²) in [5.74, 6) is 0.544. The van der Waals surface area contributed by atoms with Crippen LogP contribution < -0.4 is 4.72 Å². The lowest BCUT2D eigenvalue weighted by Crippen LogP contribution is -2.26. The Morgan fingerprint density at radius 3 is 2.83 bits per heavy atom. The van der Waals surface area contributed by atoms with E-state index in [0.717, 1.165) is 12.8 Å². The quantitative estimate of drug-likeness (QED) is 0.795. The molecule has 5 nitrogen and oxygen atoms in total. The average molecular weight is 267 g/mol. The van der Waals surface area contributed by atoms with Crippen LogP contribution in [0.5, 0.6) is 0 Å². The maximum Gasteiger partial charge on any atom is 0.243 e. The minimum atomic E-state index is -3.64. The van der Waals surface area contributed by atoms with E-state index in [1.807, 2.05) is 0 Å². The summed E-state index contributed by atoms with van der Waals surface area (Å²) in [4.78, 5) is 3.68. The number of hydrogen-bond donors (Lipinski definition) is 1. The first kappa shape index (κ1) is 14.6. The van der Waals surface area contributed by atoms with E-state index < -0.39 is 10.0 Å². The Bertz CT molecular complexity index is 532. The Hall–Kier alpha value is -1.45. The van der Waals surface area contributed by atoms with E-state index in [1.165, 1.54) is 18.3 Å². The third-order valence-electron chi connectivity index (χ3n) is 2.42. The lowest BCUT2D eigenvalue weighted by molar-refractivity contribution is 0.539. The van der Waals surface area contributed by atoms with Crippen LogP contribution in [0, 0.1) is 17.2 Å². The van der Waals surface area contributed by atoms with Crippen LogP contribution in [0.2, 0.25) is 0 Å². The fraction of sp³-hybridized carbons (Fsp3) is 0.500. The summed E-state index contributed by atoms with van der Waals surface area (Å²) in [6.45, 7) is 4.55. The van der Waals surface area contributed by atoms with E-state index in [9.17, 15) is 8.42 Å². The second kappa shape index (κ2) is 6.47. The van der Waals surface area contributed by atoms with Crippen molar-refractivity contribution in [3.63, 3.8) is 0 Å². The molecule has 98 valence electrons. The van der Waals surface area contributed by atoms with E-state index in [4.69, 9.17) is 5.26 Å². The normalized spacial score (nSPS) is 11.4. The summed E-state index contributed by atoms with van der Waals surface area (Å²) in [6, 6.07) is 4.67. The van der Waals surface area contributed by atoms with Gasteiger partial charge in [0, 0.05) is 12.7 Å². The molecule has 0 fully saturated rings. The van der Waals surface area contributed by atoms with Gasteiger partial charge in [0.05, 0.1) is 0 Å². The number of aromatic nitrogens is 1. The van der Waals surface area contributed by atoms with Crippen LogP contribution >= 0.6 is 0 Å². The van der Waals surface area contributed by atoms with Crippen molar-refractivity contribution in [3.8, 4) is 6.07 Å². The first-order chi connectivity index (χ1) is 8.47. The molecule has 0 radical (unpaired) electrons. The van der Waals surface area contributed by atoms with Crippen LogP contribution in [0.1, 0.15) is 32.4 Å². The molecule has 0 aliphatic carbocycles. The molecular weight excluding hydrogens is 250 g/mol. The molecule has 18 heavy (non-hydrogen) atoms. The van der Waals surface area contributed by atoms with Gasteiger partial charge in [-0.15, -0.1) is 0 Å². The van der Waals surface area contributed by atoms with Gasteiger partial charge in [-0.25, -0.2) is 18.1 Å². The summed E-state index contributed by atoms with van der Waals surface area (Å²) in [5, 5.41) is 8.82. The Kier molecular flexibility index (Phi) is 5.25. The van der Waals surface area contributed by atoms with Gasteiger partial charge in [0.2, 0.25) is 10.0 Å². The zero-order valence-electron chi connectivity index (χ0n) is 10.5. The lowest BCUT2D eigenvalue weighted by atomic mass is 10.1. The molecule has 6 heteroatoms. The molecular formula is C12H17N3O2S. The van der Waals surface area contributed by atoms with Crippen LogP contribution in [-0.2, 0) is 10.0 Å². The van der Waals surface area contributed by atoms with Gasteiger partial charge in [0.15, 0.2) is 5.69 Å². The van der Waals surface area contributed by atoms with Crippen molar-refractivity contribution in [2.75, 3.05) is 6.54 Å². The van der Waals surface area contributed by atoms with Crippen molar-refractivity contribution in [2.45, 2.75) is 31.6 Å². The highest BCUT2D eigenvalue weighted by Crippen LogP contribution is 2.12. The summed E-state index contributed by atoms with van der Waals surface area (Å²) in [5.41, 5.74) is -0.0751. The lowest BCUT2D eigenvalue weighted by Gasteiger charge is -2.08. The fourth-order valence-corrected chi connectivity index (χ4v) is 2.67. The molecule has 1 aromatic heterocycles. The van der Waals surface area contributed by atoms with Crippen molar-refractivity contribution >= 4 is 10.0 Å². The Labute approximate surface area is 108 Å². The molecule has 0 saturated heterocycles. The van der Waals surface area contributed by atoms with Crippen molar-refractivity contribution in [1.82, 2.24) is 9.71 Å². The van der Waals surface area contributed by atoms with Gasteiger partial charge >= 0.3 is 0 Å². The molecule has 1 rings (SSSR count). The maximum absolute atomic E-state index is 12.0. The van der Waals surface area contributed by atoms with Crippen molar-refractivity contribution in [3.05, 3.63) is 24.0 Å². The predicted molar refractivity (Wildman–Crippen MR) is 68.2 cm³/mol. The van der Waals surface area contributed by atoms with E-state index in [2.05, 4.69) is 23.6 Å². The summed E-state index contributed by atoms with van der Waals surface area (Å²) >= 11 is 0. The summed E-state index contributed by atoms with van der Waals surface area (Å²) in [6.07, 6.45) is 3.13. The monoisotopic (exact) mass is 267 g/mol. The van der Waals surface area contributed by atoms with Crippen LogP contribution in [0.15, 0.2) is 23.2 Å². The van der Waals surface area contributed by atoms with E-state index in [-0.39, 0.29) is 10.6 Å². The van der Waals surface area contributed by atoms with Crippen molar-refractivity contribution in [1.29, 1.82) is 5.26 Å². The highest BCUT2D eigenvalue weighted by atomic mass is 32.2. The van der Waals surface area contributed by atoms with E-state index >= 15 is 0 Å². The first-order valence-electron chi connectivity index (χ1n) is 5.82. The number of nitrogens with zero attached hydrogens (tertiary/aromatic N) is 2. The third kappa shape index (κ3) is 4.09. The number of hydrogen-bond acceptors (Lipinski definition) is 4. The molecule has 0 spiro atoms.